The Bertz CT molecular complexity index is 221. The molecule has 0 aromatic carbocycles. The van der Waals surface area contributed by atoms with E-state index in [0.717, 1.165) is 13.0 Å². The zero-order valence-electron chi connectivity index (χ0n) is 7.92. The highest BCUT2D eigenvalue weighted by Gasteiger charge is 2.26. The highest BCUT2D eigenvalue weighted by Crippen LogP contribution is 2.08. The smallest absolute Gasteiger partial charge is 0.237 e. The second-order valence-corrected chi connectivity index (χ2v) is 3.16. The molecule has 0 saturated carbocycles. The molecule has 1 saturated heterocycles. The van der Waals surface area contributed by atoms with Gasteiger partial charge < -0.3 is 5.32 Å². The summed E-state index contributed by atoms with van der Waals surface area (Å²) >= 11 is 0. The molecule has 0 aromatic rings. The number of piperazine rings is 1. The van der Waals surface area contributed by atoms with Gasteiger partial charge in [-0.2, -0.15) is 5.26 Å². The van der Waals surface area contributed by atoms with Crippen molar-refractivity contribution in [2.75, 3.05) is 19.6 Å². The van der Waals surface area contributed by atoms with Crippen LogP contribution in [-0.4, -0.2) is 36.5 Å². The van der Waals surface area contributed by atoms with E-state index in [0.29, 0.717) is 19.5 Å². The molecule has 0 radical (unpaired) electrons. The fourth-order valence-electron chi connectivity index (χ4n) is 1.67. The lowest BCUT2D eigenvalue weighted by Gasteiger charge is -2.33. The van der Waals surface area contributed by atoms with Gasteiger partial charge >= 0.3 is 0 Å². The first kappa shape index (κ1) is 10.0. The molecule has 0 bridgehead atoms. The molecular formula is C9H15N3O. The van der Waals surface area contributed by atoms with Crippen molar-refractivity contribution in [3.05, 3.63) is 0 Å². The third-order valence-corrected chi connectivity index (χ3v) is 2.34. The minimum Gasteiger partial charge on any atom is -0.353 e. The number of nitrogens with one attached hydrogen (secondary N) is 1. The fraction of sp³-hybridized carbons (Fsp3) is 0.778. The van der Waals surface area contributed by atoms with Crippen molar-refractivity contribution in [2.24, 2.45) is 0 Å². The summed E-state index contributed by atoms with van der Waals surface area (Å²) in [5.74, 6) is 0.103. The van der Waals surface area contributed by atoms with Crippen molar-refractivity contribution in [1.29, 1.82) is 5.26 Å². The highest BCUT2D eigenvalue weighted by atomic mass is 16.2. The van der Waals surface area contributed by atoms with Crippen molar-refractivity contribution in [1.82, 2.24) is 10.2 Å². The molecule has 1 atom stereocenters. The van der Waals surface area contributed by atoms with E-state index >= 15 is 0 Å². The van der Waals surface area contributed by atoms with Gasteiger partial charge in [0.25, 0.3) is 0 Å². The van der Waals surface area contributed by atoms with Gasteiger partial charge in [-0.05, 0) is 6.42 Å². The van der Waals surface area contributed by atoms with Crippen LogP contribution in [0.2, 0.25) is 0 Å². The monoisotopic (exact) mass is 181 g/mol. The average Bonchev–Trinajstić information content (AvgIpc) is 2.15. The Labute approximate surface area is 78.5 Å². The van der Waals surface area contributed by atoms with Crippen LogP contribution in [0.15, 0.2) is 0 Å². The number of amides is 1. The maximum Gasteiger partial charge on any atom is 0.237 e. The average molecular weight is 181 g/mol. The Morgan fingerprint density at radius 2 is 2.54 bits per heavy atom. The largest absolute Gasteiger partial charge is 0.353 e. The Kier molecular flexibility index (Phi) is 3.71. The van der Waals surface area contributed by atoms with Crippen LogP contribution in [0.25, 0.3) is 0 Å². The third-order valence-electron chi connectivity index (χ3n) is 2.34. The summed E-state index contributed by atoms with van der Waals surface area (Å²) in [5.41, 5.74) is 0. The summed E-state index contributed by atoms with van der Waals surface area (Å²) < 4.78 is 0. The van der Waals surface area contributed by atoms with Gasteiger partial charge in [0.15, 0.2) is 0 Å². The van der Waals surface area contributed by atoms with E-state index < -0.39 is 0 Å². The van der Waals surface area contributed by atoms with Crippen LogP contribution in [0, 0.1) is 11.3 Å². The number of nitrogens with zero attached hydrogens (tertiary/aromatic N) is 2. The lowest BCUT2D eigenvalue weighted by Crippen LogP contribution is -2.55. The predicted octanol–water partition coefficient (Wildman–Crippen LogP) is 0.110. The second-order valence-electron chi connectivity index (χ2n) is 3.16. The summed E-state index contributed by atoms with van der Waals surface area (Å²) in [6.07, 6.45) is 1.32. The quantitative estimate of drug-likeness (QED) is 0.672. The van der Waals surface area contributed by atoms with E-state index in [2.05, 4.69) is 16.3 Å². The maximum absolute atomic E-state index is 11.4. The minimum absolute atomic E-state index is 0.0258. The summed E-state index contributed by atoms with van der Waals surface area (Å²) in [6.45, 7) is 4.28. The van der Waals surface area contributed by atoms with Crippen LogP contribution in [0.3, 0.4) is 0 Å². The first-order chi connectivity index (χ1) is 6.29. The normalized spacial score (nSPS) is 23.7. The number of hydrogen-bond donors (Lipinski definition) is 1. The molecule has 0 spiro atoms. The van der Waals surface area contributed by atoms with Crippen molar-refractivity contribution in [3.63, 3.8) is 0 Å². The molecule has 4 heteroatoms. The number of hydrogen-bond acceptors (Lipinski definition) is 3. The van der Waals surface area contributed by atoms with E-state index in [9.17, 15) is 4.79 Å². The van der Waals surface area contributed by atoms with Gasteiger partial charge in [-0.1, -0.05) is 6.92 Å². The van der Waals surface area contributed by atoms with Crippen molar-refractivity contribution < 1.29 is 4.79 Å². The van der Waals surface area contributed by atoms with Crippen LogP contribution in [-0.2, 0) is 4.79 Å². The molecule has 1 unspecified atom stereocenters. The van der Waals surface area contributed by atoms with Gasteiger partial charge in [0.1, 0.15) is 0 Å². The van der Waals surface area contributed by atoms with Crippen LogP contribution >= 0.6 is 0 Å². The molecule has 0 aliphatic carbocycles. The lowest BCUT2D eigenvalue weighted by atomic mass is 10.1. The van der Waals surface area contributed by atoms with E-state index in [1.165, 1.54) is 0 Å². The van der Waals surface area contributed by atoms with Crippen LogP contribution < -0.4 is 5.32 Å². The van der Waals surface area contributed by atoms with Gasteiger partial charge in [-0.25, -0.2) is 0 Å². The van der Waals surface area contributed by atoms with Gasteiger partial charge in [0.2, 0.25) is 5.91 Å². The molecule has 4 nitrogen and oxygen atoms in total. The fourth-order valence-corrected chi connectivity index (χ4v) is 1.67. The maximum atomic E-state index is 11.4. The Hall–Kier alpha value is -1.08. The summed E-state index contributed by atoms with van der Waals surface area (Å²) in [4.78, 5) is 13.4. The molecule has 1 fully saturated rings. The first-order valence-electron chi connectivity index (χ1n) is 4.68. The number of carbonyl (C=O) groups is 1. The zero-order valence-corrected chi connectivity index (χ0v) is 7.92. The summed E-state index contributed by atoms with van der Waals surface area (Å²) in [6, 6.07) is 2.08. The Morgan fingerprint density at radius 3 is 3.15 bits per heavy atom. The summed E-state index contributed by atoms with van der Waals surface area (Å²) in [7, 11) is 0. The van der Waals surface area contributed by atoms with Crippen LogP contribution in [0.5, 0.6) is 0 Å². The van der Waals surface area contributed by atoms with Crippen molar-refractivity contribution >= 4 is 5.91 Å². The number of rotatable bonds is 3. The molecule has 1 amide bonds. The molecular weight excluding hydrogens is 166 g/mol. The standard InChI is InChI=1S/C9H15N3O/c1-2-8-9(13)11-5-7-12(8)6-3-4-10/h8H,2-3,5-7H2,1H3,(H,11,13). The van der Waals surface area contributed by atoms with Crippen molar-refractivity contribution in [2.45, 2.75) is 25.8 Å². The molecule has 72 valence electrons. The second kappa shape index (κ2) is 4.83. The third kappa shape index (κ3) is 2.43. The van der Waals surface area contributed by atoms with Gasteiger partial charge in [-0.3, -0.25) is 9.69 Å². The number of carbonyl (C=O) groups excluding carboxylic acids is 1. The van der Waals surface area contributed by atoms with E-state index in [1.807, 2.05) is 6.92 Å². The van der Waals surface area contributed by atoms with Gasteiger partial charge in [0, 0.05) is 26.1 Å². The number of nitriles is 1. The lowest BCUT2D eigenvalue weighted by molar-refractivity contribution is -0.129. The minimum atomic E-state index is -0.0258. The molecule has 13 heavy (non-hydrogen) atoms. The van der Waals surface area contributed by atoms with E-state index in [1.54, 1.807) is 0 Å². The highest BCUT2D eigenvalue weighted by molar-refractivity contribution is 5.82. The first-order valence-corrected chi connectivity index (χ1v) is 4.68. The van der Waals surface area contributed by atoms with Crippen LogP contribution in [0.1, 0.15) is 19.8 Å². The van der Waals surface area contributed by atoms with E-state index in [-0.39, 0.29) is 11.9 Å². The van der Waals surface area contributed by atoms with Crippen molar-refractivity contribution in [3.8, 4) is 6.07 Å². The molecule has 1 aliphatic heterocycles. The Balaban J connectivity index is 2.50. The SMILES string of the molecule is CCC1C(=O)NCCN1CCC#N. The van der Waals surface area contributed by atoms with E-state index in [4.69, 9.17) is 5.26 Å². The van der Waals surface area contributed by atoms with Gasteiger partial charge in [0.05, 0.1) is 12.1 Å². The molecule has 0 aromatic heterocycles. The van der Waals surface area contributed by atoms with Crippen LogP contribution in [0.4, 0.5) is 0 Å². The molecule has 1 N–H and O–H groups in total. The molecule has 1 aliphatic rings. The summed E-state index contributed by atoms with van der Waals surface area (Å²) in [5, 5.41) is 11.3. The zero-order chi connectivity index (χ0) is 9.68. The molecule has 1 heterocycles. The Morgan fingerprint density at radius 1 is 1.77 bits per heavy atom. The topological polar surface area (TPSA) is 56.1 Å². The van der Waals surface area contributed by atoms with Gasteiger partial charge in [-0.15, -0.1) is 0 Å². The predicted molar refractivity (Wildman–Crippen MR) is 48.9 cm³/mol. The molecule has 1 rings (SSSR count).